The van der Waals surface area contributed by atoms with E-state index in [1.165, 1.54) is 6.42 Å². The molecule has 6 heteroatoms. The van der Waals surface area contributed by atoms with E-state index in [4.69, 9.17) is 14.5 Å². The average molecular weight is 357 g/mol. The number of guanidine groups is 1. The third-order valence-electron chi connectivity index (χ3n) is 4.47. The normalized spacial score (nSPS) is 17.7. The quantitative estimate of drug-likeness (QED) is 0.319. The lowest BCUT2D eigenvalue weighted by atomic mass is 10.0. The molecule has 2 N–H and O–H groups in total. The highest BCUT2D eigenvalue weighted by atomic mass is 16.5. The number of unbranched alkanes of at least 4 members (excludes halogenated alkanes) is 1. The van der Waals surface area contributed by atoms with Crippen molar-refractivity contribution < 1.29 is 9.47 Å². The van der Waals surface area contributed by atoms with Gasteiger partial charge in [0.25, 0.3) is 0 Å². The summed E-state index contributed by atoms with van der Waals surface area (Å²) in [6.45, 7) is 16.8. The summed E-state index contributed by atoms with van der Waals surface area (Å²) >= 11 is 0. The average Bonchev–Trinajstić information content (AvgIpc) is 2.61. The molecule has 1 fully saturated rings. The minimum Gasteiger partial charge on any atom is -0.381 e. The van der Waals surface area contributed by atoms with Gasteiger partial charge in [0, 0.05) is 45.4 Å². The van der Waals surface area contributed by atoms with Crippen LogP contribution in [-0.4, -0.2) is 76.1 Å². The first-order chi connectivity index (χ1) is 12.2. The van der Waals surface area contributed by atoms with E-state index >= 15 is 0 Å². The largest absolute Gasteiger partial charge is 0.381 e. The number of aliphatic imine (C=N–C) groups is 1. The van der Waals surface area contributed by atoms with Crippen molar-refractivity contribution in [2.45, 2.75) is 53.0 Å². The minimum atomic E-state index is 0.469. The van der Waals surface area contributed by atoms with Gasteiger partial charge in [-0.25, -0.2) is 0 Å². The summed E-state index contributed by atoms with van der Waals surface area (Å²) in [5.41, 5.74) is 0. The van der Waals surface area contributed by atoms with Crippen LogP contribution in [0.25, 0.3) is 0 Å². The molecule has 1 aliphatic heterocycles. The van der Waals surface area contributed by atoms with Gasteiger partial charge < -0.3 is 20.1 Å². The Labute approximate surface area is 154 Å². The van der Waals surface area contributed by atoms with Gasteiger partial charge in [-0.15, -0.1) is 0 Å². The van der Waals surface area contributed by atoms with Crippen molar-refractivity contribution in [2.24, 2.45) is 10.9 Å². The van der Waals surface area contributed by atoms with Gasteiger partial charge in [0.15, 0.2) is 5.96 Å². The molecule has 1 rings (SSSR count). The van der Waals surface area contributed by atoms with Crippen LogP contribution in [0.5, 0.6) is 0 Å². The van der Waals surface area contributed by atoms with Crippen molar-refractivity contribution >= 4 is 5.96 Å². The topological polar surface area (TPSA) is 58.1 Å². The van der Waals surface area contributed by atoms with Gasteiger partial charge in [-0.3, -0.25) is 9.89 Å². The lowest BCUT2D eigenvalue weighted by molar-refractivity contribution is 0.00867. The summed E-state index contributed by atoms with van der Waals surface area (Å²) in [6, 6.07) is 0.469. The molecule has 1 aliphatic rings. The summed E-state index contributed by atoms with van der Waals surface area (Å²) in [6.07, 6.45) is 3.34. The highest BCUT2D eigenvalue weighted by Gasteiger charge is 2.23. The molecule has 0 aliphatic carbocycles. The Morgan fingerprint density at radius 1 is 1.12 bits per heavy atom. The number of nitrogens with zero attached hydrogens (tertiary/aromatic N) is 2. The van der Waals surface area contributed by atoms with Gasteiger partial charge in [-0.2, -0.15) is 0 Å². The van der Waals surface area contributed by atoms with Crippen LogP contribution in [0.1, 0.15) is 47.0 Å². The molecule has 0 spiro atoms. The van der Waals surface area contributed by atoms with Gasteiger partial charge in [-0.05, 0) is 25.7 Å². The Balaban J connectivity index is 2.38. The van der Waals surface area contributed by atoms with E-state index in [0.29, 0.717) is 12.0 Å². The van der Waals surface area contributed by atoms with Crippen molar-refractivity contribution in [3.05, 3.63) is 0 Å². The van der Waals surface area contributed by atoms with Crippen LogP contribution in [0.2, 0.25) is 0 Å². The molecule has 1 saturated heterocycles. The number of morpholine rings is 1. The van der Waals surface area contributed by atoms with Gasteiger partial charge in [0.05, 0.1) is 19.8 Å². The third kappa shape index (κ3) is 10.0. The smallest absolute Gasteiger partial charge is 0.191 e. The predicted molar refractivity (Wildman–Crippen MR) is 105 cm³/mol. The van der Waals surface area contributed by atoms with Crippen LogP contribution >= 0.6 is 0 Å². The van der Waals surface area contributed by atoms with Gasteiger partial charge in [0.1, 0.15) is 0 Å². The summed E-state index contributed by atoms with van der Waals surface area (Å²) in [4.78, 5) is 7.35. The molecule has 148 valence electrons. The second kappa shape index (κ2) is 14.3. The molecule has 25 heavy (non-hydrogen) atoms. The van der Waals surface area contributed by atoms with Crippen molar-refractivity contribution in [3.8, 4) is 0 Å². The van der Waals surface area contributed by atoms with Crippen LogP contribution in [0.4, 0.5) is 0 Å². The second-order valence-corrected chi connectivity index (χ2v) is 6.93. The Hall–Kier alpha value is -0.850. The van der Waals surface area contributed by atoms with E-state index in [-0.39, 0.29) is 0 Å². The van der Waals surface area contributed by atoms with E-state index in [0.717, 1.165) is 78.0 Å². The highest BCUT2D eigenvalue weighted by molar-refractivity contribution is 5.79. The zero-order chi connectivity index (χ0) is 18.3. The summed E-state index contributed by atoms with van der Waals surface area (Å²) in [7, 11) is 0. The first-order valence-electron chi connectivity index (χ1n) is 10.1. The number of nitrogens with one attached hydrogen (secondary N) is 2. The fourth-order valence-electron chi connectivity index (χ4n) is 2.91. The number of rotatable bonds is 12. The Morgan fingerprint density at radius 2 is 1.84 bits per heavy atom. The minimum absolute atomic E-state index is 0.469. The molecule has 0 aromatic heterocycles. The van der Waals surface area contributed by atoms with Gasteiger partial charge in [-0.1, -0.05) is 27.2 Å². The van der Waals surface area contributed by atoms with E-state index < -0.39 is 0 Å². The summed E-state index contributed by atoms with van der Waals surface area (Å²) in [5, 5.41) is 6.77. The molecule has 0 aromatic rings. The summed E-state index contributed by atoms with van der Waals surface area (Å²) < 4.78 is 11.1. The SMILES string of the molecule is CCCCOCCCNC(=NCC(C(C)C)N1CCOCC1)NCC. The first-order valence-corrected chi connectivity index (χ1v) is 10.1. The molecular formula is C19H40N4O2. The molecule has 0 aromatic carbocycles. The molecule has 1 heterocycles. The lowest BCUT2D eigenvalue weighted by Gasteiger charge is -2.36. The molecule has 6 nitrogen and oxygen atoms in total. The summed E-state index contributed by atoms with van der Waals surface area (Å²) in [5.74, 6) is 1.49. The van der Waals surface area contributed by atoms with Gasteiger partial charge in [0.2, 0.25) is 0 Å². The molecule has 0 saturated carbocycles. The molecule has 0 bridgehead atoms. The first kappa shape index (κ1) is 22.2. The van der Waals surface area contributed by atoms with Crippen LogP contribution in [0, 0.1) is 5.92 Å². The van der Waals surface area contributed by atoms with Crippen LogP contribution < -0.4 is 10.6 Å². The fourth-order valence-corrected chi connectivity index (χ4v) is 2.91. The second-order valence-electron chi connectivity index (χ2n) is 6.93. The zero-order valence-corrected chi connectivity index (χ0v) is 16.9. The van der Waals surface area contributed by atoms with Gasteiger partial charge >= 0.3 is 0 Å². The third-order valence-corrected chi connectivity index (χ3v) is 4.47. The van der Waals surface area contributed by atoms with Crippen molar-refractivity contribution in [3.63, 3.8) is 0 Å². The van der Waals surface area contributed by atoms with Crippen LogP contribution in [-0.2, 0) is 9.47 Å². The number of hydrogen-bond donors (Lipinski definition) is 2. The highest BCUT2D eigenvalue weighted by Crippen LogP contribution is 2.13. The number of hydrogen-bond acceptors (Lipinski definition) is 4. The van der Waals surface area contributed by atoms with Crippen LogP contribution in [0.15, 0.2) is 4.99 Å². The monoisotopic (exact) mass is 356 g/mol. The Kier molecular flexibility index (Phi) is 12.7. The lowest BCUT2D eigenvalue weighted by Crippen LogP contribution is -2.48. The molecule has 0 radical (unpaired) electrons. The van der Waals surface area contributed by atoms with E-state index in [1.807, 2.05) is 0 Å². The van der Waals surface area contributed by atoms with Crippen molar-refractivity contribution in [2.75, 3.05) is 59.2 Å². The molecule has 0 amide bonds. The molecular weight excluding hydrogens is 316 g/mol. The molecule has 1 atom stereocenters. The maximum Gasteiger partial charge on any atom is 0.191 e. The van der Waals surface area contributed by atoms with E-state index in [2.05, 4.69) is 43.2 Å². The Morgan fingerprint density at radius 3 is 2.48 bits per heavy atom. The van der Waals surface area contributed by atoms with Crippen LogP contribution in [0.3, 0.4) is 0 Å². The van der Waals surface area contributed by atoms with Crippen molar-refractivity contribution in [1.29, 1.82) is 0 Å². The van der Waals surface area contributed by atoms with E-state index in [9.17, 15) is 0 Å². The number of ether oxygens (including phenoxy) is 2. The predicted octanol–water partition coefficient (Wildman–Crippen LogP) is 2.11. The maximum absolute atomic E-state index is 5.61. The molecule has 1 unspecified atom stereocenters. The van der Waals surface area contributed by atoms with Crippen molar-refractivity contribution in [1.82, 2.24) is 15.5 Å². The standard InChI is InChI=1S/C19H40N4O2/c1-5-7-12-24-13-8-9-21-19(20-6-2)22-16-18(17(3)4)23-10-14-25-15-11-23/h17-18H,5-16H2,1-4H3,(H2,20,21,22). The van der Waals surface area contributed by atoms with E-state index in [1.54, 1.807) is 0 Å². The maximum atomic E-state index is 5.61. The fraction of sp³-hybridized carbons (Fsp3) is 0.947. The Bertz CT molecular complexity index is 344. The zero-order valence-electron chi connectivity index (χ0n) is 16.9.